The fraction of sp³-hybridized carbons (Fsp3) is 0. The third-order valence-corrected chi connectivity index (χ3v) is 4.40. The van der Waals surface area contributed by atoms with E-state index in [4.69, 9.17) is 22.5 Å². The molecular formula is C11H10ClN3O2S2. The number of pyridine rings is 1. The van der Waals surface area contributed by atoms with Crippen molar-refractivity contribution < 1.29 is 8.42 Å². The lowest BCUT2D eigenvalue weighted by Crippen LogP contribution is -2.12. The summed E-state index contributed by atoms with van der Waals surface area (Å²) in [5, 5.41) is 6.28. The van der Waals surface area contributed by atoms with Crippen LogP contribution in [0, 0.1) is 0 Å². The lowest BCUT2D eigenvalue weighted by molar-refractivity contribution is 0.598. The van der Waals surface area contributed by atoms with E-state index >= 15 is 0 Å². The van der Waals surface area contributed by atoms with Crippen LogP contribution in [0.1, 0.15) is 0 Å². The maximum Gasteiger partial charge on any atom is 0.238 e. The number of hydrogen-bond donors (Lipinski definition) is 2. The Morgan fingerprint density at radius 1 is 1.21 bits per heavy atom. The largest absolute Gasteiger partial charge is 0.398 e. The SMILES string of the molecule is Nc1cc(S(N)(=O)=O)ccc1Sc1ccc(Cl)cn1. The molecule has 0 atom stereocenters. The number of halogens is 1. The van der Waals surface area contributed by atoms with Gasteiger partial charge in [0.2, 0.25) is 10.0 Å². The molecule has 1 aromatic heterocycles. The highest BCUT2D eigenvalue weighted by Gasteiger charge is 2.11. The number of primary sulfonamides is 1. The van der Waals surface area contributed by atoms with E-state index < -0.39 is 10.0 Å². The molecule has 0 spiro atoms. The molecule has 4 N–H and O–H groups in total. The Balaban J connectivity index is 2.29. The molecule has 0 amide bonds. The summed E-state index contributed by atoms with van der Waals surface area (Å²) in [6.45, 7) is 0. The van der Waals surface area contributed by atoms with Crippen LogP contribution in [0.3, 0.4) is 0 Å². The minimum atomic E-state index is -3.74. The van der Waals surface area contributed by atoms with Crippen LogP contribution in [0.25, 0.3) is 0 Å². The zero-order chi connectivity index (χ0) is 14.0. The summed E-state index contributed by atoms with van der Waals surface area (Å²) < 4.78 is 22.4. The molecule has 0 bridgehead atoms. The maximum atomic E-state index is 11.2. The smallest absolute Gasteiger partial charge is 0.238 e. The fourth-order valence-corrected chi connectivity index (χ4v) is 2.77. The zero-order valence-electron chi connectivity index (χ0n) is 9.58. The van der Waals surface area contributed by atoms with Crippen molar-refractivity contribution in [2.75, 3.05) is 5.73 Å². The van der Waals surface area contributed by atoms with Crippen LogP contribution in [0.15, 0.2) is 51.3 Å². The molecule has 0 radical (unpaired) electrons. The average molecular weight is 316 g/mol. The molecule has 0 aliphatic carbocycles. The molecule has 2 aromatic rings. The minimum Gasteiger partial charge on any atom is -0.398 e. The standard InChI is InChI=1S/C11H10ClN3O2S2/c12-7-1-4-11(15-6-7)18-10-3-2-8(5-9(10)13)19(14,16)17/h1-6H,13H2,(H2,14,16,17). The van der Waals surface area contributed by atoms with Crippen molar-refractivity contribution in [3.8, 4) is 0 Å². The molecular weight excluding hydrogens is 306 g/mol. The maximum absolute atomic E-state index is 11.2. The van der Waals surface area contributed by atoms with Gasteiger partial charge in [0.25, 0.3) is 0 Å². The van der Waals surface area contributed by atoms with E-state index in [1.165, 1.54) is 30.1 Å². The molecule has 19 heavy (non-hydrogen) atoms. The summed E-state index contributed by atoms with van der Waals surface area (Å²) in [6.07, 6.45) is 1.53. The van der Waals surface area contributed by atoms with E-state index in [9.17, 15) is 8.42 Å². The first kappa shape index (κ1) is 14.1. The van der Waals surface area contributed by atoms with Gasteiger partial charge in [-0.3, -0.25) is 0 Å². The van der Waals surface area contributed by atoms with Gasteiger partial charge in [-0.25, -0.2) is 18.5 Å². The van der Waals surface area contributed by atoms with E-state index in [2.05, 4.69) is 4.98 Å². The number of hydrogen-bond acceptors (Lipinski definition) is 5. The highest BCUT2D eigenvalue weighted by Crippen LogP contribution is 2.32. The van der Waals surface area contributed by atoms with E-state index in [0.717, 1.165) is 0 Å². The highest BCUT2D eigenvalue weighted by molar-refractivity contribution is 7.99. The zero-order valence-corrected chi connectivity index (χ0v) is 12.0. The second kappa shape index (κ2) is 5.38. The predicted molar refractivity (Wildman–Crippen MR) is 75.6 cm³/mol. The summed E-state index contributed by atoms with van der Waals surface area (Å²) in [5.74, 6) is 0. The van der Waals surface area contributed by atoms with Gasteiger partial charge in [-0.05, 0) is 30.3 Å². The Morgan fingerprint density at radius 2 is 1.95 bits per heavy atom. The topological polar surface area (TPSA) is 99.1 Å². The van der Waals surface area contributed by atoms with E-state index in [-0.39, 0.29) is 4.90 Å². The third kappa shape index (κ3) is 3.60. The van der Waals surface area contributed by atoms with Crippen molar-refractivity contribution in [2.24, 2.45) is 5.14 Å². The van der Waals surface area contributed by atoms with Crippen LogP contribution in [0.4, 0.5) is 5.69 Å². The van der Waals surface area contributed by atoms with Crippen molar-refractivity contribution in [3.05, 3.63) is 41.6 Å². The first-order chi connectivity index (χ1) is 8.86. The van der Waals surface area contributed by atoms with Gasteiger partial charge in [0, 0.05) is 16.8 Å². The summed E-state index contributed by atoms with van der Waals surface area (Å²) in [6, 6.07) is 7.79. The van der Waals surface area contributed by atoms with Gasteiger partial charge >= 0.3 is 0 Å². The number of anilines is 1. The summed E-state index contributed by atoms with van der Waals surface area (Å²) in [7, 11) is -3.74. The molecule has 0 aliphatic rings. The minimum absolute atomic E-state index is 0.0154. The number of sulfonamides is 1. The van der Waals surface area contributed by atoms with Gasteiger partial charge in [0.05, 0.1) is 9.92 Å². The average Bonchev–Trinajstić information content (AvgIpc) is 2.33. The van der Waals surface area contributed by atoms with Crippen molar-refractivity contribution >= 4 is 39.1 Å². The van der Waals surface area contributed by atoms with E-state index in [0.29, 0.717) is 20.6 Å². The lowest BCUT2D eigenvalue weighted by Gasteiger charge is -2.06. The Morgan fingerprint density at radius 3 is 2.47 bits per heavy atom. The number of nitrogens with two attached hydrogens (primary N) is 2. The molecule has 0 saturated heterocycles. The summed E-state index contributed by atoms with van der Waals surface area (Å²) >= 11 is 7.05. The molecule has 8 heteroatoms. The van der Waals surface area contributed by atoms with Gasteiger partial charge in [-0.1, -0.05) is 23.4 Å². The summed E-state index contributed by atoms with van der Waals surface area (Å²) in [5.41, 5.74) is 6.13. The lowest BCUT2D eigenvalue weighted by atomic mass is 10.3. The number of aromatic nitrogens is 1. The highest BCUT2D eigenvalue weighted by atomic mass is 35.5. The second-order valence-corrected chi connectivity index (χ2v) is 6.72. The monoisotopic (exact) mass is 315 g/mol. The van der Waals surface area contributed by atoms with Crippen LogP contribution < -0.4 is 10.9 Å². The summed E-state index contributed by atoms with van der Waals surface area (Å²) in [4.78, 5) is 4.80. The number of rotatable bonds is 3. The van der Waals surface area contributed by atoms with E-state index in [1.807, 2.05) is 0 Å². The van der Waals surface area contributed by atoms with Crippen molar-refractivity contribution in [2.45, 2.75) is 14.8 Å². The Bertz CT molecular complexity index is 702. The number of nitrogen functional groups attached to an aromatic ring is 1. The first-order valence-electron chi connectivity index (χ1n) is 5.08. The molecule has 2 rings (SSSR count). The molecule has 5 nitrogen and oxygen atoms in total. The molecule has 1 heterocycles. The van der Waals surface area contributed by atoms with E-state index in [1.54, 1.807) is 18.2 Å². The third-order valence-electron chi connectivity index (χ3n) is 2.22. The van der Waals surface area contributed by atoms with Gasteiger partial charge in [0.15, 0.2) is 0 Å². The van der Waals surface area contributed by atoms with Gasteiger partial charge in [-0.15, -0.1) is 0 Å². The van der Waals surface area contributed by atoms with Crippen LogP contribution in [-0.2, 0) is 10.0 Å². The molecule has 100 valence electrons. The van der Waals surface area contributed by atoms with Crippen LogP contribution in [-0.4, -0.2) is 13.4 Å². The van der Waals surface area contributed by atoms with Gasteiger partial charge < -0.3 is 5.73 Å². The Hall–Kier alpha value is -1.28. The van der Waals surface area contributed by atoms with Crippen LogP contribution in [0.2, 0.25) is 5.02 Å². The second-order valence-electron chi connectivity index (χ2n) is 3.66. The van der Waals surface area contributed by atoms with Crippen LogP contribution in [0.5, 0.6) is 0 Å². The van der Waals surface area contributed by atoms with Gasteiger partial charge in [0.1, 0.15) is 5.03 Å². The fourth-order valence-electron chi connectivity index (χ4n) is 1.33. The first-order valence-corrected chi connectivity index (χ1v) is 7.82. The molecule has 0 saturated carbocycles. The number of benzene rings is 1. The quantitative estimate of drug-likeness (QED) is 0.845. The number of nitrogens with zero attached hydrogens (tertiary/aromatic N) is 1. The van der Waals surface area contributed by atoms with Crippen LogP contribution >= 0.6 is 23.4 Å². The van der Waals surface area contributed by atoms with Crippen molar-refractivity contribution in [3.63, 3.8) is 0 Å². The molecule has 0 aliphatic heterocycles. The van der Waals surface area contributed by atoms with Crippen molar-refractivity contribution in [1.82, 2.24) is 4.98 Å². The molecule has 1 aromatic carbocycles. The van der Waals surface area contributed by atoms with Crippen molar-refractivity contribution in [1.29, 1.82) is 0 Å². The molecule has 0 fully saturated rings. The normalized spacial score (nSPS) is 11.5. The van der Waals surface area contributed by atoms with Gasteiger partial charge in [-0.2, -0.15) is 0 Å². The Labute approximate surface area is 120 Å². The Kier molecular flexibility index (Phi) is 4.00. The molecule has 0 unspecified atom stereocenters. The predicted octanol–water partition coefficient (Wildman–Crippen LogP) is 2.12.